The Hall–Kier alpha value is 0.0300. The molecule has 2 N–H and O–H groups in total. The predicted octanol–water partition coefficient (Wildman–Crippen LogP) is 3.52. The standard InChI is InChI=1S/C15H22Cl2N2OS/c1-20-13-4-5-19(12(9-13)10-18)6-7-21-15-8-11(16)2-3-14(15)17/h2-3,8,12-13H,4-7,9-10,18H2,1H3. The van der Waals surface area contributed by atoms with Gasteiger partial charge < -0.3 is 10.5 Å². The van der Waals surface area contributed by atoms with Gasteiger partial charge in [0.2, 0.25) is 0 Å². The summed E-state index contributed by atoms with van der Waals surface area (Å²) in [5.41, 5.74) is 5.89. The van der Waals surface area contributed by atoms with Gasteiger partial charge in [0.1, 0.15) is 0 Å². The van der Waals surface area contributed by atoms with E-state index in [0.717, 1.165) is 46.6 Å². The van der Waals surface area contributed by atoms with Gasteiger partial charge in [-0.3, -0.25) is 4.90 Å². The zero-order chi connectivity index (χ0) is 15.2. The molecule has 0 aromatic heterocycles. The number of nitrogens with two attached hydrogens (primary N) is 1. The van der Waals surface area contributed by atoms with Crippen molar-refractivity contribution in [1.29, 1.82) is 0 Å². The van der Waals surface area contributed by atoms with Crippen LogP contribution in [0.1, 0.15) is 12.8 Å². The number of nitrogens with zero attached hydrogens (tertiary/aromatic N) is 1. The van der Waals surface area contributed by atoms with E-state index in [1.807, 2.05) is 18.2 Å². The van der Waals surface area contributed by atoms with Crippen molar-refractivity contribution in [2.24, 2.45) is 5.73 Å². The fourth-order valence-electron chi connectivity index (χ4n) is 2.68. The Morgan fingerprint density at radius 2 is 2.24 bits per heavy atom. The third kappa shape index (κ3) is 5.02. The first kappa shape index (κ1) is 17.4. The molecule has 0 spiro atoms. The van der Waals surface area contributed by atoms with Crippen LogP contribution in [0.5, 0.6) is 0 Å². The molecule has 1 aliphatic heterocycles. The quantitative estimate of drug-likeness (QED) is 0.798. The molecule has 1 aliphatic rings. The normalized spacial score (nSPS) is 23.4. The fraction of sp³-hybridized carbons (Fsp3) is 0.600. The number of thioether (sulfide) groups is 1. The average molecular weight is 349 g/mol. The van der Waals surface area contributed by atoms with Crippen LogP contribution in [0.3, 0.4) is 0 Å². The summed E-state index contributed by atoms with van der Waals surface area (Å²) >= 11 is 13.9. The predicted molar refractivity (Wildman–Crippen MR) is 91.6 cm³/mol. The molecule has 2 rings (SSSR count). The summed E-state index contributed by atoms with van der Waals surface area (Å²) < 4.78 is 5.45. The highest BCUT2D eigenvalue weighted by molar-refractivity contribution is 7.99. The van der Waals surface area contributed by atoms with Gasteiger partial charge in [0.05, 0.1) is 11.1 Å². The van der Waals surface area contributed by atoms with Gasteiger partial charge in [-0.2, -0.15) is 0 Å². The van der Waals surface area contributed by atoms with Crippen LogP contribution < -0.4 is 5.73 Å². The Bertz CT molecular complexity index is 461. The van der Waals surface area contributed by atoms with Gasteiger partial charge in [-0.25, -0.2) is 0 Å². The second-order valence-corrected chi connectivity index (χ2v) is 7.21. The second-order valence-electron chi connectivity index (χ2n) is 5.23. The van der Waals surface area contributed by atoms with Crippen molar-refractivity contribution in [1.82, 2.24) is 4.90 Å². The smallest absolute Gasteiger partial charge is 0.0599 e. The Balaban J connectivity index is 1.83. The minimum Gasteiger partial charge on any atom is -0.381 e. The molecule has 1 aromatic rings. The van der Waals surface area contributed by atoms with Crippen LogP contribution in [0.2, 0.25) is 10.0 Å². The molecule has 1 aromatic carbocycles. The van der Waals surface area contributed by atoms with Gasteiger partial charge in [-0.1, -0.05) is 23.2 Å². The van der Waals surface area contributed by atoms with E-state index in [1.54, 1.807) is 18.9 Å². The first-order valence-electron chi connectivity index (χ1n) is 7.18. The van der Waals surface area contributed by atoms with E-state index in [4.69, 9.17) is 33.7 Å². The number of halogens is 2. The van der Waals surface area contributed by atoms with Gasteiger partial charge in [0.25, 0.3) is 0 Å². The number of benzene rings is 1. The first-order chi connectivity index (χ1) is 10.1. The number of methoxy groups -OCH3 is 1. The van der Waals surface area contributed by atoms with Crippen molar-refractivity contribution in [2.75, 3.05) is 32.5 Å². The maximum Gasteiger partial charge on any atom is 0.0599 e. The van der Waals surface area contributed by atoms with Gasteiger partial charge in [-0.05, 0) is 31.0 Å². The molecule has 118 valence electrons. The topological polar surface area (TPSA) is 38.5 Å². The number of hydrogen-bond acceptors (Lipinski definition) is 4. The van der Waals surface area contributed by atoms with Crippen LogP contribution in [0, 0.1) is 0 Å². The Kier molecular flexibility index (Phi) is 7.13. The highest BCUT2D eigenvalue weighted by atomic mass is 35.5. The van der Waals surface area contributed by atoms with Gasteiger partial charge >= 0.3 is 0 Å². The van der Waals surface area contributed by atoms with E-state index >= 15 is 0 Å². The van der Waals surface area contributed by atoms with Crippen LogP contribution in [-0.2, 0) is 4.74 Å². The molecule has 6 heteroatoms. The highest BCUT2D eigenvalue weighted by Crippen LogP contribution is 2.30. The molecular weight excluding hydrogens is 327 g/mol. The second kappa shape index (κ2) is 8.61. The molecule has 1 saturated heterocycles. The number of hydrogen-bond donors (Lipinski definition) is 1. The summed E-state index contributed by atoms with van der Waals surface area (Å²) in [7, 11) is 1.78. The maximum atomic E-state index is 6.18. The first-order valence-corrected chi connectivity index (χ1v) is 8.93. The third-order valence-electron chi connectivity index (χ3n) is 3.92. The molecule has 1 heterocycles. The molecule has 1 fully saturated rings. The SMILES string of the molecule is COC1CCN(CCSc2cc(Cl)ccc2Cl)C(CN)C1. The molecule has 0 saturated carbocycles. The Morgan fingerprint density at radius 3 is 2.95 bits per heavy atom. The molecule has 0 bridgehead atoms. The fourth-order valence-corrected chi connectivity index (χ4v) is 4.16. The summed E-state index contributed by atoms with van der Waals surface area (Å²) in [5.74, 6) is 0.980. The van der Waals surface area contributed by atoms with Gasteiger partial charge in [0.15, 0.2) is 0 Å². The van der Waals surface area contributed by atoms with Crippen LogP contribution in [0.25, 0.3) is 0 Å². The molecule has 0 aliphatic carbocycles. The van der Waals surface area contributed by atoms with Crippen molar-refractivity contribution in [3.63, 3.8) is 0 Å². The van der Waals surface area contributed by atoms with Crippen molar-refractivity contribution in [2.45, 2.75) is 29.9 Å². The number of piperidine rings is 1. The third-order valence-corrected chi connectivity index (χ3v) is 5.64. The summed E-state index contributed by atoms with van der Waals surface area (Å²) in [4.78, 5) is 3.50. The van der Waals surface area contributed by atoms with E-state index in [1.165, 1.54) is 0 Å². The zero-order valence-electron chi connectivity index (χ0n) is 12.2. The molecule has 0 radical (unpaired) electrons. The minimum atomic E-state index is 0.352. The van der Waals surface area contributed by atoms with E-state index in [2.05, 4.69) is 4.90 Å². The van der Waals surface area contributed by atoms with Crippen LogP contribution in [0.15, 0.2) is 23.1 Å². The molecule has 3 nitrogen and oxygen atoms in total. The van der Waals surface area contributed by atoms with Crippen LogP contribution >= 0.6 is 35.0 Å². The Morgan fingerprint density at radius 1 is 1.43 bits per heavy atom. The summed E-state index contributed by atoms with van der Waals surface area (Å²) in [6.45, 7) is 2.73. The van der Waals surface area contributed by atoms with Crippen LogP contribution in [0.4, 0.5) is 0 Å². The van der Waals surface area contributed by atoms with E-state index < -0.39 is 0 Å². The lowest BCUT2D eigenvalue weighted by Crippen LogP contribution is -2.49. The van der Waals surface area contributed by atoms with Crippen molar-refractivity contribution in [3.8, 4) is 0 Å². The molecule has 21 heavy (non-hydrogen) atoms. The molecule has 2 unspecified atom stereocenters. The summed E-state index contributed by atoms with van der Waals surface area (Å²) in [6, 6.07) is 6.00. The van der Waals surface area contributed by atoms with Gasteiger partial charge in [0, 0.05) is 48.5 Å². The zero-order valence-corrected chi connectivity index (χ0v) is 14.6. The lowest BCUT2D eigenvalue weighted by Gasteiger charge is -2.38. The Labute approximate surface area is 141 Å². The monoisotopic (exact) mass is 348 g/mol. The van der Waals surface area contributed by atoms with Crippen molar-refractivity contribution in [3.05, 3.63) is 28.2 Å². The summed E-state index contributed by atoms with van der Waals surface area (Å²) in [6.07, 6.45) is 2.45. The number of ether oxygens (including phenoxy) is 1. The number of likely N-dealkylation sites (tertiary alicyclic amines) is 1. The van der Waals surface area contributed by atoms with Crippen molar-refractivity contribution < 1.29 is 4.74 Å². The van der Waals surface area contributed by atoms with E-state index in [0.29, 0.717) is 18.7 Å². The van der Waals surface area contributed by atoms with Crippen molar-refractivity contribution >= 4 is 35.0 Å². The lowest BCUT2D eigenvalue weighted by atomic mass is 9.99. The lowest BCUT2D eigenvalue weighted by molar-refractivity contribution is 0.0158. The van der Waals surface area contributed by atoms with Gasteiger partial charge in [-0.15, -0.1) is 11.8 Å². The molecule has 0 amide bonds. The summed E-state index contributed by atoms with van der Waals surface area (Å²) in [5, 5.41) is 1.49. The largest absolute Gasteiger partial charge is 0.381 e. The highest BCUT2D eigenvalue weighted by Gasteiger charge is 2.27. The van der Waals surface area contributed by atoms with Crippen LogP contribution in [-0.4, -0.2) is 49.5 Å². The molecule has 2 atom stereocenters. The number of rotatable bonds is 6. The average Bonchev–Trinajstić information content (AvgIpc) is 2.50. The minimum absolute atomic E-state index is 0.352. The maximum absolute atomic E-state index is 6.18. The molecular formula is C15H22Cl2N2OS. The van der Waals surface area contributed by atoms with E-state index in [-0.39, 0.29) is 0 Å². The van der Waals surface area contributed by atoms with E-state index in [9.17, 15) is 0 Å².